The quantitative estimate of drug-likeness (QED) is 0.689. The topological polar surface area (TPSA) is 72.9 Å². The Morgan fingerprint density at radius 1 is 1.17 bits per heavy atom. The molecule has 0 unspecified atom stereocenters. The molecule has 0 bridgehead atoms. The summed E-state index contributed by atoms with van der Waals surface area (Å²) in [5.74, 6) is -0.00151. The molecule has 0 aliphatic heterocycles. The number of hydrogen-bond acceptors (Lipinski definition) is 4. The summed E-state index contributed by atoms with van der Waals surface area (Å²) in [5, 5.41) is 8.45. The molecule has 3 N–H and O–H groups in total. The second-order valence-corrected chi connectivity index (χ2v) is 6.21. The molecular formula is C17H15ClN4OS. The zero-order valence-corrected chi connectivity index (χ0v) is 14.4. The predicted octanol–water partition coefficient (Wildman–Crippen LogP) is 4.08. The van der Waals surface area contributed by atoms with E-state index in [2.05, 4.69) is 10.4 Å². The second-order valence-electron chi connectivity index (χ2n) is 4.98. The number of nitrogens with two attached hydrogens (primary N) is 1. The van der Waals surface area contributed by atoms with Gasteiger partial charge in [-0.1, -0.05) is 29.8 Å². The van der Waals surface area contributed by atoms with E-state index in [0.717, 1.165) is 5.69 Å². The maximum Gasteiger partial charge on any atom is 0.262 e. The van der Waals surface area contributed by atoms with Gasteiger partial charge in [0.2, 0.25) is 0 Å². The summed E-state index contributed by atoms with van der Waals surface area (Å²) in [6, 6.07) is 16.3. The van der Waals surface area contributed by atoms with Crippen molar-refractivity contribution in [2.24, 2.45) is 0 Å². The number of para-hydroxylation sites is 1. The minimum atomic E-state index is -0.304. The van der Waals surface area contributed by atoms with E-state index in [0.29, 0.717) is 27.1 Å². The molecule has 1 heterocycles. The van der Waals surface area contributed by atoms with Gasteiger partial charge in [0, 0.05) is 10.7 Å². The Labute approximate surface area is 148 Å². The van der Waals surface area contributed by atoms with Gasteiger partial charge in [-0.05, 0) is 42.7 Å². The van der Waals surface area contributed by atoms with Crippen LogP contribution in [-0.2, 0) is 0 Å². The standard InChI is InChI=1S/C17H15ClN4OS/c1-24-17-14(16(23)20-12-9-7-11(18)8-10-12)15(19)22(21-17)13-5-3-2-4-6-13/h2-10H,19H2,1H3,(H,20,23). The molecule has 2 aromatic carbocycles. The Bertz CT molecular complexity index is 862. The largest absolute Gasteiger partial charge is 0.383 e. The highest BCUT2D eigenvalue weighted by Gasteiger charge is 2.22. The molecule has 7 heteroatoms. The van der Waals surface area contributed by atoms with E-state index in [4.69, 9.17) is 17.3 Å². The number of amides is 1. The number of rotatable bonds is 4. The number of nitrogen functional groups attached to an aromatic ring is 1. The SMILES string of the molecule is CSc1nn(-c2ccccc2)c(N)c1C(=O)Nc1ccc(Cl)cc1. The molecule has 0 fully saturated rings. The number of thioether (sulfide) groups is 1. The number of halogens is 1. The number of carbonyl (C=O) groups is 1. The van der Waals surface area contributed by atoms with Crippen molar-refractivity contribution in [3.05, 3.63) is 65.2 Å². The molecular weight excluding hydrogens is 344 g/mol. The van der Waals surface area contributed by atoms with E-state index in [-0.39, 0.29) is 5.91 Å². The molecule has 0 spiro atoms. The van der Waals surface area contributed by atoms with E-state index >= 15 is 0 Å². The molecule has 0 atom stereocenters. The average Bonchev–Trinajstić information content (AvgIpc) is 2.94. The van der Waals surface area contributed by atoms with Gasteiger partial charge in [0.25, 0.3) is 5.91 Å². The zero-order chi connectivity index (χ0) is 17.1. The van der Waals surface area contributed by atoms with Crippen molar-refractivity contribution in [2.45, 2.75) is 5.03 Å². The highest BCUT2D eigenvalue weighted by Crippen LogP contribution is 2.28. The van der Waals surface area contributed by atoms with Gasteiger partial charge in [0.15, 0.2) is 0 Å². The Morgan fingerprint density at radius 3 is 2.46 bits per heavy atom. The molecule has 5 nitrogen and oxygen atoms in total. The zero-order valence-electron chi connectivity index (χ0n) is 12.9. The third-order valence-corrected chi connectivity index (χ3v) is 4.34. The summed E-state index contributed by atoms with van der Waals surface area (Å²) in [4.78, 5) is 12.7. The monoisotopic (exact) mass is 358 g/mol. The molecule has 3 aromatic rings. The van der Waals surface area contributed by atoms with Crippen LogP contribution in [-0.4, -0.2) is 21.9 Å². The Balaban J connectivity index is 1.96. The predicted molar refractivity (Wildman–Crippen MR) is 99.2 cm³/mol. The lowest BCUT2D eigenvalue weighted by atomic mass is 10.2. The first-order chi connectivity index (χ1) is 11.6. The number of aromatic nitrogens is 2. The van der Waals surface area contributed by atoms with E-state index in [1.807, 2.05) is 36.6 Å². The first-order valence-electron chi connectivity index (χ1n) is 7.15. The molecule has 0 aliphatic carbocycles. The number of hydrogen-bond donors (Lipinski definition) is 2. The van der Waals surface area contributed by atoms with E-state index in [1.54, 1.807) is 28.9 Å². The van der Waals surface area contributed by atoms with E-state index in [9.17, 15) is 4.79 Å². The van der Waals surface area contributed by atoms with Crippen molar-refractivity contribution in [1.82, 2.24) is 9.78 Å². The molecule has 122 valence electrons. The van der Waals surface area contributed by atoms with Crippen LogP contribution in [0, 0.1) is 0 Å². The summed E-state index contributed by atoms with van der Waals surface area (Å²) in [6.07, 6.45) is 1.86. The first kappa shape index (κ1) is 16.4. The van der Waals surface area contributed by atoms with Gasteiger partial charge in [-0.2, -0.15) is 5.10 Å². The number of carbonyl (C=O) groups excluding carboxylic acids is 1. The number of anilines is 2. The number of nitrogens with zero attached hydrogens (tertiary/aromatic N) is 2. The van der Waals surface area contributed by atoms with Gasteiger partial charge in [0.05, 0.1) is 5.69 Å². The molecule has 3 rings (SSSR count). The van der Waals surface area contributed by atoms with Crippen molar-refractivity contribution in [1.29, 1.82) is 0 Å². The van der Waals surface area contributed by atoms with Gasteiger partial charge in [-0.15, -0.1) is 11.8 Å². The fraction of sp³-hybridized carbons (Fsp3) is 0.0588. The van der Waals surface area contributed by atoms with Crippen molar-refractivity contribution in [3.8, 4) is 5.69 Å². The Kier molecular flexibility index (Phi) is 4.78. The van der Waals surface area contributed by atoms with E-state index in [1.165, 1.54) is 11.8 Å². The molecule has 0 saturated carbocycles. The second kappa shape index (κ2) is 6.98. The highest BCUT2D eigenvalue weighted by molar-refractivity contribution is 7.98. The molecule has 1 amide bonds. The van der Waals surface area contributed by atoms with Crippen molar-refractivity contribution in [2.75, 3.05) is 17.3 Å². The molecule has 0 radical (unpaired) electrons. The van der Waals surface area contributed by atoms with Gasteiger partial charge < -0.3 is 11.1 Å². The number of nitrogens with one attached hydrogen (secondary N) is 1. The molecule has 0 saturated heterocycles. The normalized spacial score (nSPS) is 10.6. The summed E-state index contributed by atoms with van der Waals surface area (Å²) >= 11 is 7.23. The lowest BCUT2D eigenvalue weighted by molar-refractivity contribution is 0.102. The summed E-state index contributed by atoms with van der Waals surface area (Å²) in [6.45, 7) is 0. The van der Waals surface area contributed by atoms with Crippen LogP contribution >= 0.6 is 23.4 Å². The van der Waals surface area contributed by atoms with Gasteiger partial charge in [0.1, 0.15) is 16.4 Å². The third-order valence-electron chi connectivity index (χ3n) is 3.41. The van der Waals surface area contributed by atoms with Gasteiger partial charge in [-0.3, -0.25) is 4.79 Å². The minimum absolute atomic E-state index is 0.303. The first-order valence-corrected chi connectivity index (χ1v) is 8.75. The third kappa shape index (κ3) is 3.25. The van der Waals surface area contributed by atoms with Crippen molar-refractivity contribution < 1.29 is 4.79 Å². The molecule has 24 heavy (non-hydrogen) atoms. The lowest BCUT2D eigenvalue weighted by Crippen LogP contribution is -2.14. The van der Waals surface area contributed by atoms with Crippen molar-refractivity contribution in [3.63, 3.8) is 0 Å². The minimum Gasteiger partial charge on any atom is -0.383 e. The Hall–Kier alpha value is -2.44. The van der Waals surface area contributed by atoms with Crippen LogP contribution in [0.2, 0.25) is 5.02 Å². The fourth-order valence-electron chi connectivity index (χ4n) is 2.26. The number of benzene rings is 2. The maximum atomic E-state index is 12.7. The van der Waals surface area contributed by atoms with Crippen LogP contribution in [0.5, 0.6) is 0 Å². The summed E-state index contributed by atoms with van der Waals surface area (Å²) in [7, 11) is 0. The maximum absolute atomic E-state index is 12.7. The molecule has 0 aliphatic rings. The molecule has 1 aromatic heterocycles. The lowest BCUT2D eigenvalue weighted by Gasteiger charge is -2.06. The summed E-state index contributed by atoms with van der Waals surface area (Å²) in [5.41, 5.74) is 8.00. The smallest absolute Gasteiger partial charge is 0.262 e. The average molecular weight is 359 g/mol. The highest BCUT2D eigenvalue weighted by atomic mass is 35.5. The van der Waals surface area contributed by atoms with Crippen LogP contribution < -0.4 is 11.1 Å². The summed E-state index contributed by atoms with van der Waals surface area (Å²) < 4.78 is 1.57. The van der Waals surface area contributed by atoms with Crippen LogP contribution in [0.1, 0.15) is 10.4 Å². The fourth-order valence-corrected chi connectivity index (χ4v) is 2.95. The van der Waals surface area contributed by atoms with Gasteiger partial charge >= 0.3 is 0 Å². The van der Waals surface area contributed by atoms with E-state index < -0.39 is 0 Å². The van der Waals surface area contributed by atoms with Crippen molar-refractivity contribution >= 4 is 40.8 Å². The Morgan fingerprint density at radius 2 is 1.83 bits per heavy atom. The van der Waals surface area contributed by atoms with Crippen LogP contribution in [0.3, 0.4) is 0 Å². The van der Waals surface area contributed by atoms with Gasteiger partial charge in [-0.25, -0.2) is 4.68 Å². The van der Waals surface area contributed by atoms with Crippen LogP contribution in [0.4, 0.5) is 11.5 Å². The van der Waals surface area contributed by atoms with Crippen LogP contribution in [0.25, 0.3) is 5.69 Å². The van der Waals surface area contributed by atoms with Crippen LogP contribution in [0.15, 0.2) is 59.6 Å².